The largest absolute Gasteiger partial charge is 0.478 e. The molecule has 0 fully saturated rings. The van der Waals surface area contributed by atoms with Gasteiger partial charge in [-0.1, -0.05) is 0 Å². The quantitative estimate of drug-likeness (QED) is 0.939. The van der Waals surface area contributed by atoms with Crippen LogP contribution in [0.5, 0.6) is 11.5 Å². The highest BCUT2D eigenvalue weighted by atomic mass is 79.9. The summed E-state index contributed by atoms with van der Waals surface area (Å²) < 4.78 is 6.14. The second-order valence-electron chi connectivity index (χ2n) is 3.54. The number of rotatable bonds is 3. The third-order valence-electron chi connectivity index (χ3n) is 2.26. The molecule has 2 rings (SSSR count). The molecule has 1 N–H and O–H groups in total. The summed E-state index contributed by atoms with van der Waals surface area (Å²) >= 11 is 3.27. The van der Waals surface area contributed by atoms with E-state index in [2.05, 4.69) is 20.9 Å². The smallest absolute Gasteiger partial charge is 0.335 e. The number of carboxylic acid groups (broad SMARTS) is 1. The monoisotopic (exact) mass is 318 g/mol. The molecule has 0 bridgehead atoms. The van der Waals surface area contributed by atoms with Gasteiger partial charge in [0.05, 0.1) is 16.2 Å². The molecule has 94 valence electrons. The van der Waals surface area contributed by atoms with Crippen molar-refractivity contribution < 1.29 is 14.6 Å². The van der Waals surface area contributed by atoms with Crippen LogP contribution in [0.3, 0.4) is 0 Å². The van der Waals surface area contributed by atoms with E-state index in [9.17, 15) is 4.79 Å². The van der Waals surface area contributed by atoms with Crippen molar-refractivity contribution in [3.63, 3.8) is 0 Å². The number of benzene rings is 1. The minimum absolute atomic E-state index is 0.125. The fourth-order valence-corrected chi connectivity index (χ4v) is 1.68. The zero-order valence-corrected chi connectivity index (χ0v) is 11.1. The first-order chi connectivity index (χ1) is 9.10. The lowest BCUT2D eigenvalue weighted by molar-refractivity contribution is 0.0696. The summed E-state index contributed by atoms with van der Waals surface area (Å²) in [5, 5.41) is 17.5. The molecule has 0 aliphatic heterocycles. The normalized spacial score (nSPS) is 9.68. The Labute approximate surface area is 117 Å². The van der Waals surface area contributed by atoms with Crippen LogP contribution in [-0.4, -0.2) is 16.1 Å². The topological polar surface area (TPSA) is 83.2 Å². The van der Waals surface area contributed by atoms with Gasteiger partial charge < -0.3 is 9.84 Å². The summed E-state index contributed by atoms with van der Waals surface area (Å²) in [5.74, 6) is -0.246. The first-order valence-electron chi connectivity index (χ1n) is 5.17. The van der Waals surface area contributed by atoms with Gasteiger partial charge in [-0.05, 0) is 46.3 Å². The lowest BCUT2D eigenvalue weighted by Crippen LogP contribution is -1.97. The van der Waals surface area contributed by atoms with Gasteiger partial charge in [0.1, 0.15) is 23.3 Å². The third-order valence-corrected chi connectivity index (χ3v) is 2.91. The molecule has 19 heavy (non-hydrogen) atoms. The third kappa shape index (κ3) is 3.09. The van der Waals surface area contributed by atoms with E-state index < -0.39 is 5.97 Å². The van der Waals surface area contributed by atoms with E-state index in [-0.39, 0.29) is 11.3 Å². The Balaban J connectivity index is 2.29. The van der Waals surface area contributed by atoms with Gasteiger partial charge in [0.25, 0.3) is 0 Å². The Kier molecular flexibility index (Phi) is 3.78. The molecule has 1 heterocycles. The molecule has 0 aliphatic carbocycles. The number of aromatic nitrogens is 1. The highest BCUT2D eigenvalue weighted by Gasteiger charge is 2.09. The van der Waals surface area contributed by atoms with Crippen molar-refractivity contribution in [1.82, 2.24) is 4.98 Å². The molecule has 0 radical (unpaired) electrons. The molecule has 0 unspecified atom stereocenters. The van der Waals surface area contributed by atoms with E-state index in [1.165, 1.54) is 24.4 Å². The van der Waals surface area contributed by atoms with Gasteiger partial charge in [0.2, 0.25) is 0 Å². The molecule has 6 heteroatoms. The minimum atomic E-state index is -1.03. The number of ether oxygens (including phenoxy) is 1. The number of carboxylic acids is 1. The average Bonchev–Trinajstić information content (AvgIpc) is 2.42. The standard InChI is InChI=1S/C13H7BrN2O3/c14-11-4-1-8(13(17)18)5-12(11)19-10-3-2-9(6-15)16-7-10/h1-5,7H,(H,17,18). The van der Waals surface area contributed by atoms with Crippen molar-refractivity contribution in [2.24, 2.45) is 0 Å². The number of nitrogens with zero attached hydrogens (tertiary/aromatic N) is 2. The van der Waals surface area contributed by atoms with Gasteiger partial charge >= 0.3 is 5.97 Å². The lowest BCUT2D eigenvalue weighted by Gasteiger charge is -2.08. The van der Waals surface area contributed by atoms with Crippen molar-refractivity contribution >= 4 is 21.9 Å². The molecule has 5 nitrogen and oxygen atoms in total. The first-order valence-corrected chi connectivity index (χ1v) is 5.96. The molecule has 0 spiro atoms. The minimum Gasteiger partial charge on any atom is -0.478 e. The second kappa shape index (κ2) is 5.50. The van der Waals surface area contributed by atoms with Gasteiger partial charge in [-0.15, -0.1) is 0 Å². The molecule has 1 aromatic carbocycles. The van der Waals surface area contributed by atoms with Crippen LogP contribution in [0, 0.1) is 11.3 Å². The van der Waals surface area contributed by atoms with Gasteiger partial charge in [0, 0.05) is 0 Å². The summed E-state index contributed by atoms with van der Waals surface area (Å²) in [7, 11) is 0. The van der Waals surface area contributed by atoms with Crippen molar-refractivity contribution in [2.75, 3.05) is 0 Å². The van der Waals surface area contributed by atoms with Crippen LogP contribution in [0.15, 0.2) is 41.0 Å². The van der Waals surface area contributed by atoms with E-state index in [1.54, 1.807) is 12.1 Å². The first kappa shape index (κ1) is 13.1. The summed E-state index contributed by atoms with van der Waals surface area (Å²) in [6, 6.07) is 9.48. The Morgan fingerprint density at radius 2 is 2.16 bits per heavy atom. The maximum Gasteiger partial charge on any atom is 0.335 e. The van der Waals surface area contributed by atoms with Crippen molar-refractivity contribution in [2.45, 2.75) is 0 Å². The van der Waals surface area contributed by atoms with Crippen molar-refractivity contribution in [3.05, 3.63) is 52.3 Å². The summed E-state index contributed by atoms with van der Waals surface area (Å²) in [6.07, 6.45) is 1.40. The molecule has 2 aromatic rings. The molecule has 0 saturated carbocycles. The number of carbonyl (C=O) groups is 1. The maximum absolute atomic E-state index is 10.9. The maximum atomic E-state index is 10.9. The van der Waals surface area contributed by atoms with E-state index in [4.69, 9.17) is 15.1 Å². The predicted molar refractivity (Wildman–Crippen MR) is 70.1 cm³/mol. The number of hydrogen-bond acceptors (Lipinski definition) is 4. The molecule has 0 saturated heterocycles. The summed E-state index contributed by atoms with van der Waals surface area (Å²) in [5.41, 5.74) is 0.408. The molecule has 0 amide bonds. The Bertz CT molecular complexity index is 663. The number of halogens is 1. The van der Waals surface area contributed by atoms with Crippen LogP contribution >= 0.6 is 15.9 Å². The highest BCUT2D eigenvalue weighted by molar-refractivity contribution is 9.10. The molecular weight excluding hydrogens is 312 g/mol. The van der Waals surface area contributed by atoms with E-state index in [0.717, 1.165) is 0 Å². The van der Waals surface area contributed by atoms with Crippen molar-refractivity contribution in [3.8, 4) is 17.6 Å². The Morgan fingerprint density at radius 3 is 2.74 bits per heavy atom. The van der Waals surface area contributed by atoms with Crippen LogP contribution in [0.4, 0.5) is 0 Å². The fraction of sp³-hybridized carbons (Fsp3) is 0. The number of hydrogen-bond donors (Lipinski definition) is 1. The fourth-order valence-electron chi connectivity index (χ4n) is 1.35. The van der Waals surface area contributed by atoms with E-state index >= 15 is 0 Å². The average molecular weight is 319 g/mol. The number of nitriles is 1. The van der Waals surface area contributed by atoms with E-state index in [1.807, 2.05) is 6.07 Å². The summed E-state index contributed by atoms with van der Waals surface area (Å²) in [6.45, 7) is 0. The zero-order chi connectivity index (χ0) is 13.8. The van der Waals surface area contributed by atoms with Crippen molar-refractivity contribution in [1.29, 1.82) is 5.26 Å². The van der Waals surface area contributed by atoms with Gasteiger partial charge in [-0.2, -0.15) is 5.26 Å². The van der Waals surface area contributed by atoms with Crippen LogP contribution in [0.2, 0.25) is 0 Å². The molecule has 0 aliphatic rings. The van der Waals surface area contributed by atoms with E-state index in [0.29, 0.717) is 16.0 Å². The molecular formula is C13H7BrN2O3. The van der Waals surface area contributed by atoms with Crippen LogP contribution < -0.4 is 4.74 Å². The number of aromatic carboxylic acids is 1. The van der Waals surface area contributed by atoms with Crippen LogP contribution in [0.1, 0.15) is 16.1 Å². The number of pyridine rings is 1. The predicted octanol–water partition coefficient (Wildman–Crippen LogP) is 3.21. The molecule has 0 atom stereocenters. The summed E-state index contributed by atoms with van der Waals surface area (Å²) in [4.78, 5) is 14.7. The second-order valence-corrected chi connectivity index (χ2v) is 4.40. The SMILES string of the molecule is N#Cc1ccc(Oc2cc(C(=O)O)ccc2Br)cn1. The van der Waals surface area contributed by atoms with Gasteiger partial charge in [-0.3, -0.25) is 0 Å². The Morgan fingerprint density at radius 1 is 1.37 bits per heavy atom. The van der Waals surface area contributed by atoms with Gasteiger partial charge in [0.15, 0.2) is 0 Å². The van der Waals surface area contributed by atoms with Gasteiger partial charge in [-0.25, -0.2) is 9.78 Å². The molecule has 1 aromatic heterocycles. The highest BCUT2D eigenvalue weighted by Crippen LogP contribution is 2.30. The Hall–Kier alpha value is -2.39. The lowest BCUT2D eigenvalue weighted by atomic mass is 10.2. The zero-order valence-electron chi connectivity index (χ0n) is 9.50. The van der Waals surface area contributed by atoms with Crippen LogP contribution in [0.25, 0.3) is 0 Å². The van der Waals surface area contributed by atoms with Crippen LogP contribution in [-0.2, 0) is 0 Å².